The molecule has 26 heavy (non-hydrogen) atoms. The normalized spacial score (nSPS) is 31.4. The van der Waals surface area contributed by atoms with Crippen molar-refractivity contribution in [1.29, 1.82) is 0 Å². The van der Waals surface area contributed by atoms with E-state index in [-0.39, 0.29) is 17.9 Å². The number of carbonyl (C=O) groups excluding carboxylic acids is 2. The van der Waals surface area contributed by atoms with Crippen LogP contribution >= 0.6 is 0 Å². The van der Waals surface area contributed by atoms with Crippen LogP contribution in [0.2, 0.25) is 0 Å². The third-order valence-electron chi connectivity index (χ3n) is 5.82. The zero-order valence-electron chi connectivity index (χ0n) is 15.3. The average Bonchev–Trinajstić information content (AvgIpc) is 3.29. The van der Waals surface area contributed by atoms with Crippen LogP contribution in [0.3, 0.4) is 0 Å². The Bertz CT molecular complexity index is 777. The monoisotopic (exact) mass is 356 g/mol. The number of ether oxygens (including phenoxy) is 2. The van der Waals surface area contributed by atoms with Gasteiger partial charge in [0.15, 0.2) is 0 Å². The van der Waals surface area contributed by atoms with Gasteiger partial charge in [-0.3, -0.25) is 9.59 Å². The fraction of sp³-hybridized carbons (Fsp3) is 0.500. The van der Waals surface area contributed by atoms with Gasteiger partial charge in [-0.15, -0.1) is 0 Å². The van der Waals surface area contributed by atoms with E-state index in [0.717, 1.165) is 11.3 Å². The molecular weight excluding hydrogens is 332 g/mol. The number of rotatable bonds is 5. The molecule has 0 N–H and O–H groups in total. The summed E-state index contributed by atoms with van der Waals surface area (Å²) in [6, 6.07) is 7.70. The van der Waals surface area contributed by atoms with Gasteiger partial charge in [0.2, 0.25) is 11.8 Å². The van der Waals surface area contributed by atoms with Gasteiger partial charge in [0.05, 0.1) is 31.6 Å². The molecule has 0 radical (unpaired) electrons. The molecule has 3 heterocycles. The van der Waals surface area contributed by atoms with Crippen LogP contribution in [0.25, 0.3) is 0 Å². The maximum Gasteiger partial charge on any atom is 0.230 e. The van der Waals surface area contributed by atoms with E-state index in [1.165, 1.54) is 0 Å². The molecule has 6 heteroatoms. The van der Waals surface area contributed by atoms with Crippen LogP contribution in [-0.2, 0) is 20.9 Å². The molecule has 4 atom stereocenters. The first kappa shape index (κ1) is 17.1. The summed E-state index contributed by atoms with van der Waals surface area (Å²) in [5.74, 6) is -0.0904. The molecule has 2 saturated heterocycles. The Morgan fingerprint density at radius 3 is 3.00 bits per heavy atom. The highest BCUT2D eigenvalue weighted by Gasteiger charge is 2.66. The molecule has 2 amide bonds. The molecule has 2 bridgehead atoms. The Morgan fingerprint density at radius 2 is 2.27 bits per heavy atom. The molecule has 0 unspecified atom stereocenters. The summed E-state index contributed by atoms with van der Waals surface area (Å²) in [6.45, 7) is 3.53. The van der Waals surface area contributed by atoms with Crippen molar-refractivity contribution in [1.82, 2.24) is 9.80 Å². The quantitative estimate of drug-likeness (QED) is 0.750. The van der Waals surface area contributed by atoms with Crippen molar-refractivity contribution < 1.29 is 19.1 Å². The lowest BCUT2D eigenvalue weighted by atomic mass is 9.76. The van der Waals surface area contributed by atoms with E-state index in [0.29, 0.717) is 19.6 Å². The number of carbonyl (C=O) groups is 2. The number of likely N-dealkylation sites (tertiary alicyclic amines) is 1. The summed E-state index contributed by atoms with van der Waals surface area (Å²) in [7, 11) is 3.40. The second-order valence-electron chi connectivity index (χ2n) is 7.30. The molecule has 3 aliphatic heterocycles. The van der Waals surface area contributed by atoms with E-state index < -0.39 is 17.4 Å². The largest absolute Gasteiger partial charge is 0.497 e. The maximum atomic E-state index is 13.2. The highest BCUT2D eigenvalue weighted by molar-refractivity contribution is 5.93. The molecule has 4 rings (SSSR count). The molecular formula is C20H24N2O4. The number of hydrogen-bond acceptors (Lipinski definition) is 4. The van der Waals surface area contributed by atoms with Crippen molar-refractivity contribution in [2.75, 3.05) is 27.2 Å². The molecule has 1 aromatic rings. The molecule has 0 saturated carbocycles. The fourth-order valence-electron chi connectivity index (χ4n) is 4.40. The van der Waals surface area contributed by atoms with E-state index in [2.05, 4.69) is 0 Å². The molecule has 2 fully saturated rings. The van der Waals surface area contributed by atoms with Gasteiger partial charge in [-0.1, -0.05) is 24.3 Å². The van der Waals surface area contributed by atoms with E-state index in [1.807, 2.05) is 43.3 Å². The van der Waals surface area contributed by atoms with Crippen LogP contribution in [0.5, 0.6) is 5.75 Å². The van der Waals surface area contributed by atoms with Gasteiger partial charge in [0.25, 0.3) is 0 Å². The van der Waals surface area contributed by atoms with Gasteiger partial charge in [0, 0.05) is 20.1 Å². The summed E-state index contributed by atoms with van der Waals surface area (Å²) >= 11 is 0. The first-order valence-electron chi connectivity index (χ1n) is 9.03. The zero-order chi connectivity index (χ0) is 18.5. The molecule has 0 aromatic heterocycles. The molecule has 0 aliphatic carbocycles. The minimum atomic E-state index is -0.657. The third kappa shape index (κ3) is 2.43. The summed E-state index contributed by atoms with van der Waals surface area (Å²) in [5.41, 5.74) is 0.344. The number of nitrogens with zero attached hydrogens (tertiary/aromatic N) is 2. The highest BCUT2D eigenvalue weighted by atomic mass is 16.5. The van der Waals surface area contributed by atoms with E-state index in [9.17, 15) is 9.59 Å². The van der Waals surface area contributed by atoms with Crippen LogP contribution in [-0.4, -0.2) is 60.6 Å². The van der Waals surface area contributed by atoms with Gasteiger partial charge in [-0.2, -0.15) is 0 Å². The van der Waals surface area contributed by atoms with Gasteiger partial charge < -0.3 is 19.3 Å². The van der Waals surface area contributed by atoms with Crippen LogP contribution in [0.1, 0.15) is 12.5 Å². The lowest BCUT2D eigenvalue weighted by Gasteiger charge is -2.27. The highest BCUT2D eigenvalue weighted by Crippen LogP contribution is 2.52. The standard InChI is InChI=1S/C20H24N2O4/c1-4-21(2)18(23)16-15-8-9-20(26-15)12-22(19(24)17(16)20)11-13-6-5-7-14(10-13)25-3/h5-10,15-17H,4,11-12H2,1-3H3/t15-,16+,17-,20-/m0/s1. The maximum absolute atomic E-state index is 13.2. The Morgan fingerprint density at radius 1 is 1.46 bits per heavy atom. The molecule has 1 aromatic carbocycles. The second kappa shape index (κ2) is 6.13. The topological polar surface area (TPSA) is 59.1 Å². The minimum absolute atomic E-state index is 0.00234. The number of methoxy groups -OCH3 is 1. The second-order valence-corrected chi connectivity index (χ2v) is 7.30. The summed E-state index contributed by atoms with van der Waals surface area (Å²) in [6.07, 6.45) is 3.65. The van der Waals surface area contributed by atoms with E-state index in [1.54, 1.807) is 24.0 Å². The summed E-state index contributed by atoms with van der Waals surface area (Å²) in [4.78, 5) is 29.5. The van der Waals surface area contributed by atoms with Crippen molar-refractivity contribution in [2.45, 2.75) is 25.2 Å². The molecule has 1 spiro atoms. The Balaban J connectivity index is 1.59. The minimum Gasteiger partial charge on any atom is -0.497 e. The third-order valence-corrected chi connectivity index (χ3v) is 5.82. The lowest BCUT2D eigenvalue weighted by Crippen LogP contribution is -2.44. The van der Waals surface area contributed by atoms with Crippen LogP contribution < -0.4 is 4.74 Å². The average molecular weight is 356 g/mol. The molecule has 6 nitrogen and oxygen atoms in total. The van der Waals surface area contributed by atoms with E-state index >= 15 is 0 Å². The van der Waals surface area contributed by atoms with Crippen molar-refractivity contribution in [3.8, 4) is 5.75 Å². The Hall–Kier alpha value is -2.34. The van der Waals surface area contributed by atoms with Crippen LogP contribution in [0, 0.1) is 11.8 Å². The van der Waals surface area contributed by atoms with Crippen molar-refractivity contribution >= 4 is 11.8 Å². The van der Waals surface area contributed by atoms with Crippen molar-refractivity contribution in [3.05, 3.63) is 42.0 Å². The first-order valence-corrected chi connectivity index (χ1v) is 9.03. The lowest BCUT2D eigenvalue weighted by molar-refractivity contribution is -0.142. The smallest absolute Gasteiger partial charge is 0.230 e. The predicted molar refractivity (Wildman–Crippen MR) is 95.4 cm³/mol. The summed E-state index contributed by atoms with van der Waals surface area (Å²) in [5, 5.41) is 0. The molecule has 138 valence electrons. The zero-order valence-corrected chi connectivity index (χ0v) is 15.3. The van der Waals surface area contributed by atoms with Gasteiger partial charge >= 0.3 is 0 Å². The van der Waals surface area contributed by atoms with Crippen LogP contribution in [0.4, 0.5) is 0 Å². The van der Waals surface area contributed by atoms with Crippen molar-refractivity contribution in [2.24, 2.45) is 11.8 Å². The van der Waals surface area contributed by atoms with Gasteiger partial charge in [-0.05, 0) is 24.6 Å². The van der Waals surface area contributed by atoms with Crippen LogP contribution in [0.15, 0.2) is 36.4 Å². The number of amides is 2. The fourth-order valence-corrected chi connectivity index (χ4v) is 4.40. The number of benzene rings is 1. The van der Waals surface area contributed by atoms with Gasteiger partial charge in [-0.25, -0.2) is 0 Å². The Kier molecular flexibility index (Phi) is 4.03. The first-order chi connectivity index (χ1) is 12.5. The SMILES string of the molecule is CCN(C)C(=O)[C@@H]1[C@@H]2C=C[C@@]3(CN(Cc4cccc(OC)c4)C(=O)[C@H]13)O2. The number of hydrogen-bond donors (Lipinski definition) is 0. The number of fused-ring (bicyclic) bond motifs is 1. The van der Waals surface area contributed by atoms with E-state index in [4.69, 9.17) is 9.47 Å². The Labute approximate surface area is 153 Å². The van der Waals surface area contributed by atoms with Gasteiger partial charge in [0.1, 0.15) is 11.4 Å². The predicted octanol–water partition coefficient (Wildman–Crippen LogP) is 1.46. The summed E-state index contributed by atoms with van der Waals surface area (Å²) < 4.78 is 11.4. The van der Waals surface area contributed by atoms with Crippen molar-refractivity contribution in [3.63, 3.8) is 0 Å². The molecule has 3 aliphatic rings.